The zero-order valence-corrected chi connectivity index (χ0v) is 10.8. The Bertz CT molecular complexity index is 157. The highest BCUT2D eigenvalue weighted by molar-refractivity contribution is 4.81. The molecule has 1 aliphatic rings. The van der Waals surface area contributed by atoms with Gasteiger partial charge in [0, 0.05) is 18.6 Å². The monoisotopic (exact) mass is 212 g/mol. The summed E-state index contributed by atoms with van der Waals surface area (Å²) in [5, 5.41) is 3.59. The molecule has 0 amide bonds. The maximum absolute atomic E-state index is 3.59. The van der Waals surface area contributed by atoms with Crippen LogP contribution in [0.1, 0.15) is 52.9 Å². The molecule has 1 fully saturated rings. The third-order valence-electron chi connectivity index (χ3n) is 3.56. The van der Waals surface area contributed by atoms with Crippen LogP contribution in [0.25, 0.3) is 0 Å². The number of nitrogens with one attached hydrogen (secondary N) is 1. The topological polar surface area (TPSA) is 15.3 Å². The van der Waals surface area contributed by atoms with Crippen LogP contribution in [0.4, 0.5) is 0 Å². The van der Waals surface area contributed by atoms with E-state index in [0.29, 0.717) is 0 Å². The van der Waals surface area contributed by atoms with Crippen molar-refractivity contribution in [2.75, 3.05) is 19.6 Å². The Balaban J connectivity index is 2.39. The summed E-state index contributed by atoms with van der Waals surface area (Å²) in [6.45, 7) is 10.5. The van der Waals surface area contributed by atoms with E-state index in [1.807, 2.05) is 0 Å². The lowest BCUT2D eigenvalue weighted by Crippen LogP contribution is -2.49. The molecule has 2 atom stereocenters. The summed E-state index contributed by atoms with van der Waals surface area (Å²) in [6, 6.07) is 1.58. The van der Waals surface area contributed by atoms with Gasteiger partial charge in [-0.25, -0.2) is 0 Å². The number of likely N-dealkylation sites (tertiary alicyclic amines) is 1. The number of rotatable bonds is 6. The number of piperidine rings is 1. The van der Waals surface area contributed by atoms with Crippen LogP contribution in [0.15, 0.2) is 0 Å². The normalized spacial score (nSPS) is 25.4. The van der Waals surface area contributed by atoms with Crippen molar-refractivity contribution < 1.29 is 0 Å². The Morgan fingerprint density at radius 2 is 2.13 bits per heavy atom. The second-order valence-corrected chi connectivity index (χ2v) is 4.74. The average molecular weight is 212 g/mol. The van der Waals surface area contributed by atoms with Crippen molar-refractivity contribution in [1.82, 2.24) is 10.2 Å². The van der Waals surface area contributed by atoms with E-state index in [2.05, 4.69) is 31.0 Å². The van der Waals surface area contributed by atoms with Crippen LogP contribution in [0, 0.1) is 0 Å². The Morgan fingerprint density at radius 3 is 2.73 bits per heavy atom. The van der Waals surface area contributed by atoms with Crippen molar-refractivity contribution in [2.24, 2.45) is 0 Å². The second-order valence-electron chi connectivity index (χ2n) is 4.74. The number of nitrogens with zero attached hydrogens (tertiary/aromatic N) is 1. The lowest BCUT2D eigenvalue weighted by molar-refractivity contribution is 0.127. The second kappa shape index (κ2) is 7.24. The van der Waals surface area contributed by atoms with Crippen molar-refractivity contribution in [3.05, 3.63) is 0 Å². The summed E-state index contributed by atoms with van der Waals surface area (Å²) >= 11 is 0. The Labute approximate surface area is 95.4 Å². The van der Waals surface area contributed by atoms with E-state index >= 15 is 0 Å². The van der Waals surface area contributed by atoms with Gasteiger partial charge in [-0.3, -0.25) is 4.90 Å². The fourth-order valence-corrected chi connectivity index (χ4v) is 2.77. The van der Waals surface area contributed by atoms with Gasteiger partial charge in [-0.15, -0.1) is 0 Å². The minimum Gasteiger partial charge on any atom is -0.313 e. The molecule has 0 bridgehead atoms. The maximum Gasteiger partial charge on any atom is 0.0195 e. The van der Waals surface area contributed by atoms with E-state index in [1.165, 1.54) is 45.2 Å². The predicted molar refractivity (Wildman–Crippen MR) is 67.3 cm³/mol. The van der Waals surface area contributed by atoms with Crippen molar-refractivity contribution in [2.45, 2.75) is 65.0 Å². The highest BCUT2D eigenvalue weighted by Gasteiger charge is 2.23. The molecule has 1 heterocycles. The molecule has 1 rings (SSSR count). The van der Waals surface area contributed by atoms with Gasteiger partial charge in [0.1, 0.15) is 0 Å². The van der Waals surface area contributed by atoms with Gasteiger partial charge < -0.3 is 5.32 Å². The molecule has 0 spiro atoms. The lowest BCUT2D eigenvalue weighted by atomic mass is 10.00. The first-order valence-electron chi connectivity index (χ1n) is 6.79. The van der Waals surface area contributed by atoms with Crippen LogP contribution in [0.3, 0.4) is 0 Å². The molecule has 0 aromatic carbocycles. The largest absolute Gasteiger partial charge is 0.313 e. The molecule has 15 heavy (non-hydrogen) atoms. The SMILES string of the molecule is CCCC(CC)N1CCCC(NCC)C1. The zero-order chi connectivity index (χ0) is 11.1. The van der Waals surface area contributed by atoms with Gasteiger partial charge in [-0.1, -0.05) is 27.2 Å². The molecule has 0 aliphatic carbocycles. The minimum absolute atomic E-state index is 0.745. The molecule has 2 unspecified atom stereocenters. The summed E-state index contributed by atoms with van der Waals surface area (Å²) in [5.41, 5.74) is 0. The van der Waals surface area contributed by atoms with E-state index in [9.17, 15) is 0 Å². The van der Waals surface area contributed by atoms with Crippen molar-refractivity contribution in [1.29, 1.82) is 0 Å². The average Bonchev–Trinajstić information content (AvgIpc) is 2.27. The van der Waals surface area contributed by atoms with Crippen LogP contribution in [0.2, 0.25) is 0 Å². The summed E-state index contributed by atoms with van der Waals surface area (Å²) in [6.07, 6.45) is 6.74. The van der Waals surface area contributed by atoms with Crippen LogP contribution < -0.4 is 5.32 Å². The number of hydrogen-bond donors (Lipinski definition) is 1. The van der Waals surface area contributed by atoms with Crippen molar-refractivity contribution >= 4 is 0 Å². The van der Waals surface area contributed by atoms with Gasteiger partial charge in [0.05, 0.1) is 0 Å². The van der Waals surface area contributed by atoms with Gasteiger partial charge >= 0.3 is 0 Å². The first kappa shape index (κ1) is 13.0. The van der Waals surface area contributed by atoms with E-state index in [-0.39, 0.29) is 0 Å². The minimum atomic E-state index is 0.745. The van der Waals surface area contributed by atoms with Crippen LogP contribution >= 0.6 is 0 Å². The fourth-order valence-electron chi connectivity index (χ4n) is 2.77. The summed E-state index contributed by atoms with van der Waals surface area (Å²) in [7, 11) is 0. The van der Waals surface area contributed by atoms with Gasteiger partial charge in [-0.2, -0.15) is 0 Å². The Morgan fingerprint density at radius 1 is 1.33 bits per heavy atom. The van der Waals surface area contributed by atoms with Crippen molar-refractivity contribution in [3.63, 3.8) is 0 Å². The standard InChI is InChI=1S/C13H28N2/c1-4-8-13(5-2)15-10-7-9-12(11-15)14-6-3/h12-14H,4-11H2,1-3H3. The fraction of sp³-hybridized carbons (Fsp3) is 1.00. The number of hydrogen-bond acceptors (Lipinski definition) is 2. The highest BCUT2D eigenvalue weighted by atomic mass is 15.2. The first-order chi connectivity index (χ1) is 7.31. The molecule has 0 aromatic heterocycles. The summed E-state index contributed by atoms with van der Waals surface area (Å²) < 4.78 is 0. The molecule has 2 nitrogen and oxygen atoms in total. The molecule has 1 aliphatic heterocycles. The summed E-state index contributed by atoms with van der Waals surface area (Å²) in [5.74, 6) is 0. The van der Waals surface area contributed by atoms with Gasteiger partial charge in [0.25, 0.3) is 0 Å². The molecular formula is C13H28N2. The molecule has 0 aromatic rings. The van der Waals surface area contributed by atoms with Gasteiger partial charge in [-0.05, 0) is 38.8 Å². The van der Waals surface area contributed by atoms with Crippen LogP contribution in [0.5, 0.6) is 0 Å². The van der Waals surface area contributed by atoms with E-state index < -0.39 is 0 Å². The lowest BCUT2D eigenvalue weighted by Gasteiger charge is -2.38. The van der Waals surface area contributed by atoms with Crippen molar-refractivity contribution in [3.8, 4) is 0 Å². The molecule has 2 heteroatoms. The smallest absolute Gasteiger partial charge is 0.0195 e. The molecule has 1 saturated heterocycles. The highest BCUT2D eigenvalue weighted by Crippen LogP contribution is 2.17. The predicted octanol–water partition coefficient (Wildman–Crippen LogP) is 2.64. The third kappa shape index (κ3) is 4.12. The molecule has 0 saturated carbocycles. The first-order valence-corrected chi connectivity index (χ1v) is 6.79. The molecule has 90 valence electrons. The van der Waals surface area contributed by atoms with E-state index in [1.54, 1.807) is 0 Å². The van der Waals surface area contributed by atoms with Crippen LogP contribution in [-0.2, 0) is 0 Å². The van der Waals surface area contributed by atoms with E-state index in [4.69, 9.17) is 0 Å². The number of likely N-dealkylation sites (N-methyl/N-ethyl adjacent to an activating group) is 1. The summed E-state index contributed by atoms with van der Waals surface area (Å²) in [4.78, 5) is 2.71. The van der Waals surface area contributed by atoms with Gasteiger partial charge in [0.15, 0.2) is 0 Å². The molecule has 0 radical (unpaired) electrons. The Kier molecular flexibility index (Phi) is 6.26. The zero-order valence-electron chi connectivity index (χ0n) is 10.8. The van der Waals surface area contributed by atoms with E-state index in [0.717, 1.165) is 18.6 Å². The third-order valence-corrected chi connectivity index (χ3v) is 3.56. The molecular weight excluding hydrogens is 184 g/mol. The molecule has 1 N–H and O–H groups in total. The van der Waals surface area contributed by atoms with Gasteiger partial charge in [0.2, 0.25) is 0 Å². The maximum atomic E-state index is 3.59. The van der Waals surface area contributed by atoms with Crippen LogP contribution in [-0.4, -0.2) is 36.6 Å². The Hall–Kier alpha value is -0.0800. The quantitative estimate of drug-likeness (QED) is 0.728.